The standard InChI is InChI=1S/C17H30O5/c1-2-3-4-5-6-7-8-9-10-11-12-13-16(20)22-17(21)15(19)14-18/h5-6,15,18-19H,2-4,7-14H2,1H3/b6-5-. The number of rotatable bonds is 13. The van der Waals surface area contributed by atoms with Gasteiger partial charge in [0.05, 0.1) is 6.61 Å². The SMILES string of the molecule is CCCC/C=C\CCCCCCCC(=O)OC(=O)C(O)CO. The fraction of sp³-hybridized carbons (Fsp3) is 0.765. The highest BCUT2D eigenvalue weighted by atomic mass is 16.6. The van der Waals surface area contributed by atoms with Crippen LogP contribution in [0.15, 0.2) is 12.2 Å². The zero-order valence-corrected chi connectivity index (χ0v) is 13.6. The molecule has 5 heteroatoms. The van der Waals surface area contributed by atoms with Crippen LogP contribution in [0.2, 0.25) is 0 Å². The second kappa shape index (κ2) is 14.7. The lowest BCUT2D eigenvalue weighted by Crippen LogP contribution is -2.28. The molecular weight excluding hydrogens is 284 g/mol. The van der Waals surface area contributed by atoms with Crippen LogP contribution in [0.5, 0.6) is 0 Å². The molecule has 22 heavy (non-hydrogen) atoms. The van der Waals surface area contributed by atoms with Crippen LogP contribution in [0.4, 0.5) is 0 Å². The predicted molar refractivity (Wildman–Crippen MR) is 85.2 cm³/mol. The Morgan fingerprint density at radius 1 is 1.00 bits per heavy atom. The van der Waals surface area contributed by atoms with Crippen LogP contribution in [-0.2, 0) is 14.3 Å². The van der Waals surface area contributed by atoms with Crippen molar-refractivity contribution in [3.63, 3.8) is 0 Å². The highest BCUT2D eigenvalue weighted by Gasteiger charge is 2.18. The number of ether oxygens (including phenoxy) is 1. The molecule has 128 valence electrons. The second-order valence-electron chi connectivity index (χ2n) is 5.41. The van der Waals surface area contributed by atoms with Crippen molar-refractivity contribution in [3.8, 4) is 0 Å². The van der Waals surface area contributed by atoms with Gasteiger partial charge in [-0.05, 0) is 25.7 Å². The molecule has 0 rings (SSSR count). The van der Waals surface area contributed by atoms with Gasteiger partial charge in [0.15, 0.2) is 6.10 Å². The van der Waals surface area contributed by atoms with E-state index in [2.05, 4.69) is 23.8 Å². The van der Waals surface area contributed by atoms with Gasteiger partial charge < -0.3 is 14.9 Å². The minimum absolute atomic E-state index is 0.167. The Kier molecular flexibility index (Phi) is 13.9. The van der Waals surface area contributed by atoms with Gasteiger partial charge in [0.2, 0.25) is 0 Å². The van der Waals surface area contributed by atoms with E-state index in [9.17, 15) is 9.59 Å². The summed E-state index contributed by atoms with van der Waals surface area (Å²) in [6.45, 7) is 1.45. The summed E-state index contributed by atoms with van der Waals surface area (Å²) in [5, 5.41) is 17.5. The van der Waals surface area contributed by atoms with Crippen LogP contribution in [0, 0.1) is 0 Å². The van der Waals surface area contributed by atoms with E-state index in [1.54, 1.807) is 0 Å². The van der Waals surface area contributed by atoms with Crippen molar-refractivity contribution >= 4 is 11.9 Å². The zero-order valence-electron chi connectivity index (χ0n) is 13.6. The molecular formula is C17H30O5. The molecule has 0 radical (unpaired) electrons. The molecule has 2 N–H and O–H groups in total. The van der Waals surface area contributed by atoms with Gasteiger partial charge in [0.25, 0.3) is 0 Å². The first-order valence-electron chi connectivity index (χ1n) is 8.30. The molecule has 0 aliphatic rings. The van der Waals surface area contributed by atoms with Crippen molar-refractivity contribution in [2.45, 2.75) is 77.2 Å². The van der Waals surface area contributed by atoms with Crippen molar-refractivity contribution in [1.82, 2.24) is 0 Å². The van der Waals surface area contributed by atoms with E-state index in [1.165, 1.54) is 19.3 Å². The molecule has 0 aromatic rings. The minimum atomic E-state index is -1.63. The maximum Gasteiger partial charge on any atom is 0.345 e. The highest BCUT2D eigenvalue weighted by Crippen LogP contribution is 2.09. The summed E-state index contributed by atoms with van der Waals surface area (Å²) in [5.74, 6) is -1.72. The normalized spacial score (nSPS) is 12.5. The molecule has 0 heterocycles. The Balaban J connectivity index is 3.40. The minimum Gasteiger partial charge on any atom is -0.393 e. The van der Waals surface area contributed by atoms with Gasteiger partial charge in [-0.1, -0.05) is 51.2 Å². The average Bonchev–Trinajstić information content (AvgIpc) is 2.51. The number of hydrogen-bond donors (Lipinski definition) is 2. The molecule has 0 fully saturated rings. The molecule has 0 aromatic heterocycles. The zero-order chi connectivity index (χ0) is 16.6. The summed E-state index contributed by atoms with van der Waals surface area (Å²) in [5.41, 5.74) is 0. The number of allylic oxidation sites excluding steroid dienone is 2. The summed E-state index contributed by atoms with van der Waals surface area (Å²) in [6.07, 6.45) is 12.7. The quantitative estimate of drug-likeness (QED) is 0.236. The Labute approximate surface area is 133 Å². The van der Waals surface area contributed by atoms with Crippen LogP contribution in [0.3, 0.4) is 0 Å². The highest BCUT2D eigenvalue weighted by molar-refractivity contribution is 5.87. The Morgan fingerprint density at radius 3 is 2.23 bits per heavy atom. The Morgan fingerprint density at radius 2 is 1.59 bits per heavy atom. The largest absolute Gasteiger partial charge is 0.393 e. The molecule has 0 saturated carbocycles. The third-order valence-electron chi connectivity index (χ3n) is 3.30. The van der Waals surface area contributed by atoms with Gasteiger partial charge in [-0.3, -0.25) is 4.79 Å². The first-order valence-corrected chi connectivity index (χ1v) is 8.30. The molecule has 0 aromatic carbocycles. The van der Waals surface area contributed by atoms with E-state index in [0.29, 0.717) is 6.42 Å². The Bertz CT molecular complexity index is 325. The van der Waals surface area contributed by atoms with E-state index in [4.69, 9.17) is 10.2 Å². The molecule has 1 unspecified atom stereocenters. The van der Waals surface area contributed by atoms with Crippen molar-refractivity contribution in [1.29, 1.82) is 0 Å². The van der Waals surface area contributed by atoms with Crippen molar-refractivity contribution < 1.29 is 24.5 Å². The predicted octanol–water partition coefficient (Wildman–Crippen LogP) is 2.89. The monoisotopic (exact) mass is 314 g/mol. The van der Waals surface area contributed by atoms with Crippen LogP contribution in [0.1, 0.15) is 71.1 Å². The third-order valence-corrected chi connectivity index (χ3v) is 3.30. The number of hydrogen-bond acceptors (Lipinski definition) is 5. The topological polar surface area (TPSA) is 83.8 Å². The number of aliphatic hydroxyl groups excluding tert-OH is 2. The molecule has 0 saturated heterocycles. The van der Waals surface area contributed by atoms with E-state index >= 15 is 0 Å². The molecule has 0 amide bonds. The summed E-state index contributed by atoms with van der Waals surface area (Å²) in [4.78, 5) is 22.3. The number of esters is 2. The first kappa shape index (κ1) is 20.8. The fourth-order valence-electron chi connectivity index (χ4n) is 1.93. The molecule has 0 aliphatic heterocycles. The van der Waals surface area contributed by atoms with Crippen molar-refractivity contribution in [3.05, 3.63) is 12.2 Å². The molecule has 0 spiro atoms. The van der Waals surface area contributed by atoms with Crippen LogP contribution in [0.25, 0.3) is 0 Å². The Hall–Kier alpha value is -1.20. The number of carbonyl (C=O) groups excluding carboxylic acids is 2. The molecule has 5 nitrogen and oxygen atoms in total. The lowest BCUT2D eigenvalue weighted by Gasteiger charge is -2.06. The van der Waals surface area contributed by atoms with Gasteiger partial charge >= 0.3 is 11.9 Å². The van der Waals surface area contributed by atoms with Crippen LogP contribution >= 0.6 is 0 Å². The van der Waals surface area contributed by atoms with Crippen molar-refractivity contribution in [2.75, 3.05) is 6.61 Å². The van der Waals surface area contributed by atoms with Gasteiger partial charge in [0.1, 0.15) is 0 Å². The molecule has 0 aliphatic carbocycles. The lowest BCUT2D eigenvalue weighted by atomic mass is 10.1. The summed E-state index contributed by atoms with van der Waals surface area (Å²) < 4.78 is 4.40. The van der Waals surface area contributed by atoms with Crippen molar-refractivity contribution in [2.24, 2.45) is 0 Å². The maximum atomic E-state index is 11.3. The number of aliphatic hydroxyl groups is 2. The first-order chi connectivity index (χ1) is 10.6. The molecule has 0 bridgehead atoms. The fourth-order valence-corrected chi connectivity index (χ4v) is 1.93. The van der Waals surface area contributed by atoms with Gasteiger partial charge in [-0.15, -0.1) is 0 Å². The summed E-state index contributed by atoms with van der Waals surface area (Å²) >= 11 is 0. The van der Waals surface area contributed by atoms with E-state index in [-0.39, 0.29) is 6.42 Å². The van der Waals surface area contributed by atoms with Gasteiger partial charge in [0, 0.05) is 6.42 Å². The maximum absolute atomic E-state index is 11.3. The number of carbonyl (C=O) groups is 2. The van der Waals surface area contributed by atoms with E-state index in [1.807, 2.05) is 0 Å². The summed E-state index contributed by atoms with van der Waals surface area (Å²) in [6, 6.07) is 0. The average molecular weight is 314 g/mol. The van der Waals surface area contributed by atoms with Gasteiger partial charge in [-0.25, -0.2) is 4.79 Å². The van der Waals surface area contributed by atoms with E-state index < -0.39 is 24.6 Å². The third kappa shape index (κ3) is 12.5. The molecule has 1 atom stereocenters. The van der Waals surface area contributed by atoms with Crippen LogP contribution < -0.4 is 0 Å². The van der Waals surface area contributed by atoms with Crippen LogP contribution in [-0.4, -0.2) is 34.9 Å². The number of unbranched alkanes of at least 4 members (excludes halogenated alkanes) is 7. The second-order valence-corrected chi connectivity index (χ2v) is 5.41. The smallest absolute Gasteiger partial charge is 0.345 e. The summed E-state index contributed by atoms with van der Waals surface area (Å²) in [7, 11) is 0. The van der Waals surface area contributed by atoms with E-state index in [0.717, 1.165) is 32.1 Å². The van der Waals surface area contributed by atoms with Gasteiger partial charge in [-0.2, -0.15) is 0 Å². The lowest BCUT2D eigenvalue weighted by molar-refractivity contribution is -0.167.